The zero-order valence-electron chi connectivity index (χ0n) is 16.2. The molecule has 0 bridgehead atoms. The fraction of sp³-hybridized carbons (Fsp3) is 0.316. The van der Waals surface area contributed by atoms with Gasteiger partial charge in [-0.25, -0.2) is 13.1 Å². The third-order valence-corrected chi connectivity index (χ3v) is 5.84. The number of hydrogen-bond donors (Lipinski definition) is 2. The van der Waals surface area contributed by atoms with Crippen LogP contribution in [0.25, 0.3) is 0 Å². The summed E-state index contributed by atoms with van der Waals surface area (Å²) in [6.45, 7) is 2.49. The van der Waals surface area contributed by atoms with Crippen molar-refractivity contribution in [2.75, 3.05) is 25.1 Å². The molecule has 0 radical (unpaired) electrons. The molecule has 1 amide bonds. The molecule has 0 fully saturated rings. The fourth-order valence-electron chi connectivity index (χ4n) is 2.76. The molecule has 0 aliphatic carbocycles. The summed E-state index contributed by atoms with van der Waals surface area (Å²) in [7, 11) is -3.86. The number of rotatable bonds is 7. The molecular weight excluding hydrogens is 414 g/mol. The Balaban J connectivity index is 1.59. The van der Waals surface area contributed by atoms with E-state index in [9.17, 15) is 23.3 Å². The van der Waals surface area contributed by atoms with E-state index < -0.39 is 20.9 Å². The summed E-state index contributed by atoms with van der Waals surface area (Å²) in [5.41, 5.74) is 0.813. The first-order valence-electron chi connectivity index (χ1n) is 9.20. The Morgan fingerprint density at radius 3 is 2.60 bits per heavy atom. The van der Waals surface area contributed by atoms with Gasteiger partial charge in [-0.15, -0.1) is 0 Å². The lowest BCUT2D eigenvalue weighted by atomic mass is 10.2. The van der Waals surface area contributed by atoms with Crippen molar-refractivity contribution < 1.29 is 27.6 Å². The summed E-state index contributed by atoms with van der Waals surface area (Å²) in [6.07, 6.45) is 0.556. The molecule has 0 unspecified atom stereocenters. The first kappa shape index (κ1) is 21.5. The van der Waals surface area contributed by atoms with Gasteiger partial charge < -0.3 is 14.8 Å². The van der Waals surface area contributed by atoms with Crippen LogP contribution in [0, 0.1) is 17.0 Å². The standard InChI is InChI=1S/C19H21N3O7S/c1-13-3-4-14(22(24)25)11-16(13)21-19(23)7-8-20-30(26,27)15-5-6-17-18(12-15)29-10-2-9-28-17/h3-6,11-12,20H,2,7-10H2,1H3,(H,21,23). The van der Waals surface area contributed by atoms with Gasteiger partial charge in [-0.3, -0.25) is 14.9 Å². The minimum absolute atomic E-state index is 0.00156. The topological polar surface area (TPSA) is 137 Å². The van der Waals surface area contributed by atoms with Crippen molar-refractivity contribution in [2.45, 2.75) is 24.7 Å². The number of nitrogens with one attached hydrogen (secondary N) is 2. The highest BCUT2D eigenvalue weighted by Gasteiger charge is 2.19. The number of sulfonamides is 1. The molecule has 3 rings (SSSR count). The number of benzene rings is 2. The molecule has 11 heteroatoms. The van der Waals surface area contributed by atoms with E-state index in [1.807, 2.05) is 0 Å². The Labute approximate surface area is 173 Å². The predicted molar refractivity (Wildman–Crippen MR) is 108 cm³/mol. The number of carbonyl (C=O) groups excluding carboxylic acids is 1. The van der Waals surface area contributed by atoms with Crippen LogP contribution in [-0.2, 0) is 14.8 Å². The molecule has 10 nitrogen and oxygen atoms in total. The van der Waals surface area contributed by atoms with E-state index in [-0.39, 0.29) is 23.5 Å². The van der Waals surface area contributed by atoms with Gasteiger partial charge in [0.1, 0.15) is 0 Å². The lowest BCUT2D eigenvalue weighted by Crippen LogP contribution is -2.28. The van der Waals surface area contributed by atoms with E-state index in [1.54, 1.807) is 6.92 Å². The summed E-state index contributed by atoms with van der Waals surface area (Å²) in [5.74, 6) is 0.368. The summed E-state index contributed by atoms with van der Waals surface area (Å²) in [6, 6.07) is 8.45. The van der Waals surface area contributed by atoms with Crippen LogP contribution in [0.3, 0.4) is 0 Å². The Hall–Kier alpha value is -3.18. The van der Waals surface area contributed by atoms with Gasteiger partial charge in [-0.2, -0.15) is 0 Å². The maximum Gasteiger partial charge on any atom is 0.271 e. The number of ether oxygens (including phenoxy) is 2. The second-order valence-corrected chi connectivity index (χ2v) is 8.38. The van der Waals surface area contributed by atoms with E-state index in [0.717, 1.165) is 0 Å². The highest BCUT2D eigenvalue weighted by Crippen LogP contribution is 2.31. The Bertz CT molecular complexity index is 1070. The summed E-state index contributed by atoms with van der Waals surface area (Å²) in [5, 5.41) is 13.4. The first-order valence-corrected chi connectivity index (χ1v) is 10.7. The zero-order chi connectivity index (χ0) is 21.7. The van der Waals surface area contributed by atoms with E-state index in [2.05, 4.69) is 10.0 Å². The molecular formula is C19H21N3O7S. The van der Waals surface area contributed by atoms with Crippen molar-refractivity contribution >= 4 is 27.3 Å². The van der Waals surface area contributed by atoms with Gasteiger partial charge in [0.05, 0.1) is 28.7 Å². The maximum atomic E-state index is 12.5. The molecule has 0 aromatic heterocycles. The molecule has 0 saturated carbocycles. The zero-order valence-corrected chi connectivity index (χ0v) is 17.0. The van der Waals surface area contributed by atoms with E-state index in [4.69, 9.17) is 9.47 Å². The average molecular weight is 435 g/mol. The van der Waals surface area contributed by atoms with Crippen LogP contribution in [0.1, 0.15) is 18.4 Å². The minimum atomic E-state index is -3.86. The van der Waals surface area contributed by atoms with Crippen molar-refractivity contribution in [3.8, 4) is 11.5 Å². The largest absolute Gasteiger partial charge is 0.490 e. The first-order chi connectivity index (χ1) is 14.3. The summed E-state index contributed by atoms with van der Waals surface area (Å²) >= 11 is 0. The lowest BCUT2D eigenvalue weighted by Gasteiger charge is -2.11. The normalized spacial score (nSPS) is 13.4. The van der Waals surface area contributed by atoms with Gasteiger partial charge in [0.15, 0.2) is 11.5 Å². The van der Waals surface area contributed by atoms with Crippen molar-refractivity contribution in [2.24, 2.45) is 0 Å². The second-order valence-electron chi connectivity index (χ2n) is 6.61. The van der Waals surface area contributed by atoms with Crippen LogP contribution >= 0.6 is 0 Å². The molecule has 1 heterocycles. The Morgan fingerprint density at radius 1 is 1.13 bits per heavy atom. The Morgan fingerprint density at radius 2 is 1.87 bits per heavy atom. The molecule has 0 atom stereocenters. The van der Waals surface area contributed by atoms with E-state index in [0.29, 0.717) is 42.4 Å². The van der Waals surface area contributed by atoms with Gasteiger partial charge in [-0.05, 0) is 24.6 Å². The third kappa shape index (κ3) is 5.24. The molecule has 30 heavy (non-hydrogen) atoms. The van der Waals surface area contributed by atoms with E-state index >= 15 is 0 Å². The third-order valence-electron chi connectivity index (χ3n) is 4.38. The quantitative estimate of drug-likeness (QED) is 0.503. The fourth-order valence-corrected chi connectivity index (χ4v) is 3.81. The number of nitro groups is 1. The molecule has 0 saturated heterocycles. The van der Waals surface area contributed by atoms with Gasteiger partial charge in [-0.1, -0.05) is 6.07 Å². The van der Waals surface area contributed by atoms with Crippen LogP contribution < -0.4 is 19.5 Å². The minimum Gasteiger partial charge on any atom is -0.490 e. The van der Waals surface area contributed by atoms with Gasteiger partial charge in [0.25, 0.3) is 5.69 Å². The summed E-state index contributed by atoms with van der Waals surface area (Å²) in [4.78, 5) is 22.5. The molecule has 0 spiro atoms. The van der Waals surface area contributed by atoms with Crippen molar-refractivity contribution in [3.63, 3.8) is 0 Å². The van der Waals surface area contributed by atoms with Crippen LogP contribution in [0.5, 0.6) is 11.5 Å². The number of aryl methyl sites for hydroxylation is 1. The molecule has 160 valence electrons. The van der Waals surface area contributed by atoms with Gasteiger partial charge in [0.2, 0.25) is 15.9 Å². The van der Waals surface area contributed by atoms with Gasteiger partial charge >= 0.3 is 0 Å². The molecule has 2 aromatic rings. The molecule has 1 aliphatic heterocycles. The van der Waals surface area contributed by atoms with Crippen molar-refractivity contribution in [3.05, 3.63) is 52.1 Å². The number of nitrogens with zero attached hydrogens (tertiary/aromatic N) is 1. The number of nitro benzene ring substituents is 1. The highest BCUT2D eigenvalue weighted by molar-refractivity contribution is 7.89. The smallest absolute Gasteiger partial charge is 0.271 e. The van der Waals surface area contributed by atoms with Crippen LogP contribution in [0.15, 0.2) is 41.3 Å². The number of amides is 1. The average Bonchev–Trinajstić information content (AvgIpc) is 2.94. The van der Waals surface area contributed by atoms with Crippen molar-refractivity contribution in [1.29, 1.82) is 0 Å². The molecule has 2 N–H and O–H groups in total. The number of hydrogen-bond acceptors (Lipinski definition) is 7. The van der Waals surface area contributed by atoms with Crippen LogP contribution in [0.2, 0.25) is 0 Å². The SMILES string of the molecule is Cc1ccc([N+](=O)[O-])cc1NC(=O)CCNS(=O)(=O)c1ccc2c(c1)OCCCO2. The van der Waals surface area contributed by atoms with Crippen LogP contribution in [-0.4, -0.2) is 39.0 Å². The number of fused-ring (bicyclic) bond motifs is 1. The number of non-ortho nitro benzene ring substituents is 1. The number of anilines is 1. The second kappa shape index (κ2) is 9.09. The molecule has 1 aliphatic rings. The maximum absolute atomic E-state index is 12.5. The van der Waals surface area contributed by atoms with Crippen LogP contribution in [0.4, 0.5) is 11.4 Å². The highest BCUT2D eigenvalue weighted by atomic mass is 32.2. The predicted octanol–water partition coefficient (Wildman–Crippen LogP) is 2.37. The van der Waals surface area contributed by atoms with Gasteiger partial charge in [0, 0.05) is 37.6 Å². The van der Waals surface area contributed by atoms with Crippen molar-refractivity contribution in [1.82, 2.24) is 4.72 Å². The molecule has 2 aromatic carbocycles. The number of carbonyl (C=O) groups is 1. The van der Waals surface area contributed by atoms with E-state index in [1.165, 1.54) is 36.4 Å². The monoisotopic (exact) mass is 435 g/mol. The Kier molecular flexibility index (Phi) is 6.53. The lowest BCUT2D eigenvalue weighted by molar-refractivity contribution is -0.384. The summed E-state index contributed by atoms with van der Waals surface area (Å²) < 4.78 is 38.4.